The average Bonchev–Trinajstić information content (AvgIpc) is 2.96. The Morgan fingerprint density at radius 3 is 2.36 bits per heavy atom. The van der Waals surface area contributed by atoms with E-state index in [1.807, 2.05) is 18.2 Å². The third-order valence-electron chi connectivity index (χ3n) is 4.14. The molecule has 3 N–H and O–H groups in total. The Balaban J connectivity index is 0.000000299. The van der Waals surface area contributed by atoms with Crippen LogP contribution in [-0.4, -0.2) is 45.5 Å². The van der Waals surface area contributed by atoms with Crippen molar-refractivity contribution in [2.45, 2.75) is 59.2 Å². The molecule has 0 amide bonds. The van der Waals surface area contributed by atoms with Crippen molar-refractivity contribution in [2.75, 3.05) is 18.6 Å². The van der Waals surface area contributed by atoms with E-state index in [2.05, 4.69) is 55.7 Å². The Labute approximate surface area is 161 Å². The SMILES string of the molecule is CCN(C(C)C)C(C)C.CSCC[C@H](N)c1nc2ccc(Cl)cc2[nH]1. The largest absolute Gasteiger partial charge is 0.341 e. The van der Waals surface area contributed by atoms with Crippen molar-refractivity contribution in [3.63, 3.8) is 0 Å². The van der Waals surface area contributed by atoms with E-state index in [1.165, 1.54) is 0 Å². The van der Waals surface area contributed by atoms with Gasteiger partial charge in [0.05, 0.1) is 17.1 Å². The van der Waals surface area contributed by atoms with E-state index in [0.717, 1.165) is 35.6 Å². The first kappa shape index (κ1) is 22.3. The monoisotopic (exact) mass is 384 g/mol. The number of nitrogens with zero attached hydrogens (tertiary/aromatic N) is 2. The van der Waals surface area contributed by atoms with E-state index in [-0.39, 0.29) is 6.04 Å². The van der Waals surface area contributed by atoms with Crippen LogP contribution in [-0.2, 0) is 0 Å². The van der Waals surface area contributed by atoms with Gasteiger partial charge in [0.25, 0.3) is 0 Å². The number of aromatic nitrogens is 2. The molecule has 1 aromatic carbocycles. The van der Waals surface area contributed by atoms with Gasteiger partial charge in [-0.15, -0.1) is 0 Å². The molecular weight excluding hydrogens is 352 g/mol. The van der Waals surface area contributed by atoms with Crippen LogP contribution in [0.1, 0.15) is 52.9 Å². The van der Waals surface area contributed by atoms with Gasteiger partial charge >= 0.3 is 0 Å². The number of H-pyrrole nitrogens is 1. The van der Waals surface area contributed by atoms with Crippen LogP contribution >= 0.6 is 23.4 Å². The van der Waals surface area contributed by atoms with Gasteiger partial charge in [-0.2, -0.15) is 11.8 Å². The van der Waals surface area contributed by atoms with Gasteiger partial charge in [-0.1, -0.05) is 18.5 Å². The lowest BCUT2D eigenvalue weighted by Gasteiger charge is -2.28. The topological polar surface area (TPSA) is 57.9 Å². The summed E-state index contributed by atoms with van der Waals surface area (Å²) in [7, 11) is 0. The van der Waals surface area contributed by atoms with Crippen molar-refractivity contribution in [1.29, 1.82) is 0 Å². The van der Waals surface area contributed by atoms with Crippen LogP contribution in [0.5, 0.6) is 0 Å². The predicted octanol–water partition coefficient (Wildman–Crippen LogP) is 5.09. The molecule has 0 bridgehead atoms. The molecule has 2 aromatic rings. The van der Waals surface area contributed by atoms with Crippen molar-refractivity contribution in [2.24, 2.45) is 5.73 Å². The molecule has 0 unspecified atom stereocenters. The standard InChI is InChI=1S/C11H14ClN3S.C8H19N/c1-16-5-4-8(13)11-14-9-3-2-7(12)6-10(9)15-11;1-6-9(7(2)3)8(4)5/h2-3,6,8H,4-5,13H2,1H3,(H,14,15);7-8H,6H2,1-5H3/t8-;/m0./s1. The van der Waals surface area contributed by atoms with E-state index in [9.17, 15) is 0 Å². The summed E-state index contributed by atoms with van der Waals surface area (Å²) in [5.74, 6) is 1.88. The third-order valence-corrected chi connectivity index (χ3v) is 5.02. The van der Waals surface area contributed by atoms with Crippen LogP contribution in [0.2, 0.25) is 5.02 Å². The van der Waals surface area contributed by atoms with Crippen LogP contribution in [0.25, 0.3) is 11.0 Å². The Morgan fingerprint density at radius 1 is 1.24 bits per heavy atom. The zero-order valence-electron chi connectivity index (χ0n) is 16.3. The summed E-state index contributed by atoms with van der Waals surface area (Å²) in [6.45, 7) is 12.3. The van der Waals surface area contributed by atoms with Crippen molar-refractivity contribution >= 4 is 34.4 Å². The quantitative estimate of drug-likeness (QED) is 0.697. The Bertz CT molecular complexity index is 619. The number of hydrogen-bond acceptors (Lipinski definition) is 4. The molecule has 0 radical (unpaired) electrons. The fraction of sp³-hybridized carbons (Fsp3) is 0.632. The number of rotatable bonds is 7. The summed E-state index contributed by atoms with van der Waals surface area (Å²) >= 11 is 7.70. The van der Waals surface area contributed by atoms with Gasteiger partial charge in [0.2, 0.25) is 0 Å². The zero-order valence-corrected chi connectivity index (χ0v) is 17.9. The van der Waals surface area contributed by atoms with Crippen LogP contribution in [0.15, 0.2) is 18.2 Å². The molecule has 1 atom stereocenters. The van der Waals surface area contributed by atoms with Crippen LogP contribution in [0.3, 0.4) is 0 Å². The molecule has 4 nitrogen and oxygen atoms in total. The second-order valence-corrected chi connectivity index (χ2v) is 8.11. The van der Waals surface area contributed by atoms with E-state index < -0.39 is 0 Å². The van der Waals surface area contributed by atoms with Crippen molar-refractivity contribution in [3.8, 4) is 0 Å². The fourth-order valence-electron chi connectivity index (χ4n) is 2.89. The molecule has 6 heteroatoms. The molecule has 0 aliphatic carbocycles. The number of thioether (sulfide) groups is 1. The van der Waals surface area contributed by atoms with Gasteiger partial charge < -0.3 is 10.7 Å². The molecular formula is C19H33ClN4S. The predicted molar refractivity (Wildman–Crippen MR) is 114 cm³/mol. The number of aromatic amines is 1. The first-order chi connectivity index (χ1) is 11.8. The second-order valence-electron chi connectivity index (χ2n) is 6.69. The highest BCUT2D eigenvalue weighted by atomic mass is 35.5. The van der Waals surface area contributed by atoms with Gasteiger partial charge in [-0.05, 0) is 70.9 Å². The number of fused-ring (bicyclic) bond motifs is 1. The minimum atomic E-state index is -0.0291. The molecule has 1 aromatic heterocycles. The third kappa shape index (κ3) is 7.18. The van der Waals surface area contributed by atoms with E-state index in [1.54, 1.807) is 11.8 Å². The summed E-state index contributed by atoms with van der Waals surface area (Å²) in [4.78, 5) is 10.1. The van der Waals surface area contributed by atoms with Crippen molar-refractivity contribution in [1.82, 2.24) is 14.9 Å². The number of imidazole rings is 1. The van der Waals surface area contributed by atoms with Crippen molar-refractivity contribution < 1.29 is 0 Å². The smallest absolute Gasteiger partial charge is 0.124 e. The molecule has 0 saturated carbocycles. The van der Waals surface area contributed by atoms with E-state index >= 15 is 0 Å². The van der Waals surface area contributed by atoms with Gasteiger partial charge in [-0.3, -0.25) is 4.90 Å². The molecule has 1 heterocycles. The van der Waals surface area contributed by atoms with Gasteiger partial charge in [0, 0.05) is 17.1 Å². The second kappa shape index (κ2) is 11.1. The average molecular weight is 385 g/mol. The molecule has 0 aliphatic rings. The molecule has 0 fully saturated rings. The molecule has 0 spiro atoms. The zero-order chi connectivity index (χ0) is 19.0. The maximum Gasteiger partial charge on any atom is 0.124 e. The molecule has 0 aliphatic heterocycles. The van der Waals surface area contributed by atoms with Gasteiger partial charge in [-0.25, -0.2) is 4.98 Å². The molecule has 2 rings (SSSR count). The summed E-state index contributed by atoms with van der Waals surface area (Å²) in [6, 6.07) is 6.96. The molecule has 142 valence electrons. The van der Waals surface area contributed by atoms with Crippen LogP contribution in [0, 0.1) is 0 Å². The lowest BCUT2D eigenvalue weighted by atomic mass is 10.2. The van der Waals surface area contributed by atoms with Gasteiger partial charge in [0.15, 0.2) is 0 Å². The lowest BCUT2D eigenvalue weighted by Crippen LogP contribution is -2.36. The Kier molecular flexibility index (Phi) is 9.87. The first-order valence-electron chi connectivity index (χ1n) is 8.95. The highest BCUT2D eigenvalue weighted by molar-refractivity contribution is 7.98. The first-order valence-corrected chi connectivity index (χ1v) is 10.7. The minimum Gasteiger partial charge on any atom is -0.341 e. The number of nitrogens with one attached hydrogen (secondary N) is 1. The highest BCUT2D eigenvalue weighted by Crippen LogP contribution is 2.20. The number of benzene rings is 1. The minimum absolute atomic E-state index is 0.0291. The highest BCUT2D eigenvalue weighted by Gasteiger charge is 2.11. The maximum absolute atomic E-state index is 6.04. The summed E-state index contributed by atoms with van der Waals surface area (Å²) in [5, 5.41) is 0.709. The van der Waals surface area contributed by atoms with E-state index in [4.69, 9.17) is 17.3 Å². The molecule has 25 heavy (non-hydrogen) atoms. The summed E-state index contributed by atoms with van der Waals surface area (Å²) in [6.07, 6.45) is 3.00. The Hall–Kier alpha value is -0.750. The lowest BCUT2D eigenvalue weighted by molar-refractivity contribution is 0.185. The summed E-state index contributed by atoms with van der Waals surface area (Å²) < 4.78 is 0. The number of nitrogens with two attached hydrogens (primary N) is 1. The molecule has 0 saturated heterocycles. The van der Waals surface area contributed by atoms with Crippen molar-refractivity contribution in [3.05, 3.63) is 29.0 Å². The maximum atomic E-state index is 6.04. The van der Waals surface area contributed by atoms with Crippen LogP contribution < -0.4 is 5.73 Å². The Morgan fingerprint density at radius 2 is 1.88 bits per heavy atom. The fourth-order valence-corrected chi connectivity index (χ4v) is 3.55. The number of hydrogen-bond donors (Lipinski definition) is 2. The van der Waals surface area contributed by atoms with Gasteiger partial charge in [0.1, 0.15) is 5.82 Å². The van der Waals surface area contributed by atoms with E-state index in [0.29, 0.717) is 17.1 Å². The summed E-state index contributed by atoms with van der Waals surface area (Å²) in [5.41, 5.74) is 7.91. The number of halogens is 1. The normalized spacial score (nSPS) is 12.8. The van der Waals surface area contributed by atoms with Crippen LogP contribution in [0.4, 0.5) is 0 Å².